The molecule has 148 valence electrons. The highest BCUT2D eigenvalue weighted by Gasteiger charge is 2.49. The third-order valence-corrected chi connectivity index (χ3v) is 5.88. The maximum absolute atomic E-state index is 12.3. The van der Waals surface area contributed by atoms with Gasteiger partial charge in [-0.15, -0.1) is 0 Å². The van der Waals surface area contributed by atoms with Crippen molar-refractivity contribution in [3.8, 4) is 11.5 Å². The van der Waals surface area contributed by atoms with E-state index in [1.807, 2.05) is 0 Å². The molecule has 4 rings (SSSR count). The van der Waals surface area contributed by atoms with Gasteiger partial charge in [-0.05, 0) is 30.9 Å². The number of hydrogen-bond acceptors (Lipinski definition) is 6. The first kappa shape index (κ1) is 18.6. The Balaban J connectivity index is 1.75. The van der Waals surface area contributed by atoms with Crippen LogP contribution in [0.2, 0.25) is 0 Å². The molecule has 3 atom stereocenters. The molecule has 0 aromatic heterocycles. The predicted octanol–water partition coefficient (Wildman–Crippen LogP) is 4.03. The van der Waals surface area contributed by atoms with Gasteiger partial charge in [-0.25, -0.2) is 4.79 Å². The summed E-state index contributed by atoms with van der Waals surface area (Å²) in [6.07, 6.45) is 7.38. The monoisotopic (exact) mass is 376 g/mol. The van der Waals surface area contributed by atoms with Crippen LogP contribution in [0.15, 0.2) is 6.07 Å². The molecule has 1 fully saturated rings. The molecule has 3 aliphatic rings. The van der Waals surface area contributed by atoms with E-state index in [1.54, 1.807) is 6.07 Å². The van der Waals surface area contributed by atoms with E-state index in [2.05, 4.69) is 6.92 Å². The Morgan fingerprint density at radius 1 is 1.41 bits per heavy atom. The summed E-state index contributed by atoms with van der Waals surface area (Å²) in [6, 6.07) is 1.68. The van der Waals surface area contributed by atoms with E-state index >= 15 is 0 Å². The van der Waals surface area contributed by atoms with Crippen LogP contribution >= 0.6 is 0 Å². The molecule has 0 bridgehead atoms. The minimum atomic E-state index is -0.781. The van der Waals surface area contributed by atoms with E-state index in [1.165, 1.54) is 20.0 Å². The Bertz CT molecular complexity index is 722. The minimum Gasteiger partial charge on any atom is -0.507 e. The molecule has 0 aliphatic carbocycles. The summed E-state index contributed by atoms with van der Waals surface area (Å²) in [6.45, 7) is 2.82. The Labute approximate surface area is 159 Å². The van der Waals surface area contributed by atoms with Crippen LogP contribution in [0.25, 0.3) is 0 Å². The Morgan fingerprint density at radius 2 is 2.26 bits per heavy atom. The van der Waals surface area contributed by atoms with Gasteiger partial charge in [0.1, 0.15) is 17.1 Å². The highest BCUT2D eigenvalue weighted by molar-refractivity contribution is 5.96. The fraction of sp³-hybridized carbons (Fsp3) is 0.667. The second kappa shape index (κ2) is 7.32. The SMILES string of the molecule is CCCCC[C@@H]1Cc2cc(O)c(C(=O)OC)c3c2[C@@H](C[C@]2(CCCO2)O3)O1. The van der Waals surface area contributed by atoms with Crippen LogP contribution in [0.3, 0.4) is 0 Å². The fourth-order valence-electron chi connectivity index (χ4n) is 4.60. The van der Waals surface area contributed by atoms with Gasteiger partial charge in [0.15, 0.2) is 0 Å². The third kappa shape index (κ3) is 3.29. The lowest BCUT2D eigenvalue weighted by Gasteiger charge is -2.44. The van der Waals surface area contributed by atoms with Crippen molar-refractivity contribution >= 4 is 5.97 Å². The van der Waals surface area contributed by atoms with Crippen molar-refractivity contribution in [1.82, 2.24) is 0 Å². The largest absolute Gasteiger partial charge is 0.507 e. The number of esters is 1. The molecule has 6 heteroatoms. The summed E-state index contributed by atoms with van der Waals surface area (Å²) in [5, 5.41) is 10.6. The summed E-state index contributed by atoms with van der Waals surface area (Å²) in [5.74, 6) is -1.11. The van der Waals surface area contributed by atoms with E-state index < -0.39 is 11.8 Å². The van der Waals surface area contributed by atoms with Gasteiger partial charge in [-0.1, -0.05) is 26.2 Å². The Kier molecular flexibility index (Phi) is 5.03. The van der Waals surface area contributed by atoms with Crippen molar-refractivity contribution in [2.45, 2.75) is 76.3 Å². The minimum absolute atomic E-state index is 0.0730. The summed E-state index contributed by atoms with van der Waals surface area (Å²) in [5.41, 5.74) is 1.95. The second-order valence-corrected chi connectivity index (χ2v) is 7.78. The third-order valence-electron chi connectivity index (χ3n) is 5.88. The summed E-state index contributed by atoms with van der Waals surface area (Å²) in [7, 11) is 1.30. The number of rotatable bonds is 5. The van der Waals surface area contributed by atoms with Crippen LogP contribution in [-0.4, -0.2) is 36.7 Å². The first-order chi connectivity index (χ1) is 13.1. The van der Waals surface area contributed by atoms with Crippen LogP contribution in [0, 0.1) is 0 Å². The van der Waals surface area contributed by atoms with Crippen LogP contribution < -0.4 is 4.74 Å². The number of aromatic hydroxyl groups is 1. The van der Waals surface area contributed by atoms with Crippen LogP contribution in [-0.2, 0) is 20.6 Å². The molecule has 0 amide bonds. The molecular weight excluding hydrogens is 348 g/mol. The lowest BCUT2D eigenvalue weighted by atomic mass is 9.84. The molecule has 27 heavy (non-hydrogen) atoms. The molecule has 6 nitrogen and oxygen atoms in total. The normalized spacial score (nSPS) is 28.7. The number of unbranched alkanes of at least 4 members (excludes halogenated alkanes) is 2. The van der Waals surface area contributed by atoms with Crippen LogP contribution in [0.5, 0.6) is 11.5 Å². The van der Waals surface area contributed by atoms with Crippen molar-refractivity contribution in [2.75, 3.05) is 13.7 Å². The number of hydrogen-bond donors (Lipinski definition) is 1. The maximum Gasteiger partial charge on any atom is 0.345 e. The summed E-state index contributed by atoms with van der Waals surface area (Å²) in [4.78, 5) is 12.3. The fourth-order valence-corrected chi connectivity index (χ4v) is 4.60. The molecule has 1 aromatic carbocycles. The molecular formula is C21H28O6. The van der Waals surface area contributed by atoms with Crippen molar-refractivity contribution in [3.05, 3.63) is 22.8 Å². The van der Waals surface area contributed by atoms with Crippen molar-refractivity contribution in [3.63, 3.8) is 0 Å². The van der Waals surface area contributed by atoms with Crippen molar-refractivity contribution in [2.24, 2.45) is 0 Å². The standard InChI is InChI=1S/C21H28O6/c1-3-4-5-7-14-10-13-11-15(22)18(20(23)24-2)19-17(13)16(26-14)12-21(27-19)8-6-9-25-21/h11,14,16,22H,3-10,12H2,1-2H3/t14-,16-,21+/m1/s1. The zero-order chi connectivity index (χ0) is 19.0. The van der Waals surface area contributed by atoms with Crippen molar-refractivity contribution in [1.29, 1.82) is 0 Å². The molecule has 0 saturated carbocycles. The van der Waals surface area contributed by atoms with Gasteiger partial charge in [0.05, 0.1) is 25.9 Å². The molecule has 1 N–H and O–H groups in total. The number of carbonyl (C=O) groups is 1. The number of phenols is 1. The molecule has 3 aliphatic heterocycles. The zero-order valence-corrected chi connectivity index (χ0v) is 16.1. The average molecular weight is 376 g/mol. The van der Waals surface area contributed by atoms with Gasteiger partial charge in [-0.2, -0.15) is 0 Å². The van der Waals surface area contributed by atoms with Gasteiger partial charge in [-0.3, -0.25) is 0 Å². The summed E-state index contributed by atoms with van der Waals surface area (Å²) >= 11 is 0. The van der Waals surface area contributed by atoms with Crippen LogP contribution in [0.4, 0.5) is 0 Å². The van der Waals surface area contributed by atoms with E-state index in [4.69, 9.17) is 18.9 Å². The Hall–Kier alpha value is -1.79. The molecule has 0 radical (unpaired) electrons. The topological polar surface area (TPSA) is 74.2 Å². The highest BCUT2D eigenvalue weighted by Crippen LogP contribution is 2.53. The zero-order valence-electron chi connectivity index (χ0n) is 16.1. The quantitative estimate of drug-likeness (QED) is 0.618. The number of methoxy groups -OCH3 is 1. The molecule has 1 aromatic rings. The number of carbonyl (C=O) groups excluding carboxylic acids is 1. The molecule has 3 heterocycles. The van der Waals surface area contributed by atoms with Gasteiger partial charge in [0, 0.05) is 18.4 Å². The van der Waals surface area contributed by atoms with Gasteiger partial charge in [0.25, 0.3) is 0 Å². The number of ether oxygens (including phenoxy) is 4. The lowest BCUT2D eigenvalue weighted by molar-refractivity contribution is -0.197. The van der Waals surface area contributed by atoms with E-state index in [-0.39, 0.29) is 23.5 Å². The molecule has 1 spiro atoms. The lowest BCUT2D eigenvalue weighted by Crippen LogP contribution is -2.44. The average Bonchev–Trinajstić information content (AvgIpc) is 3.08. The summed E-state index contributed by atoms with van der Waals surface area (Å²) < 4.78 is 23.5. The van der Waals surface area contributed by atoms with Gasteiger partial charge < -0.3 is 24.1 Å². The number of phenolic OH excluding ortho intramolecular Hbond substituents is 1. The van der Waals surface area contributed by atoms with Crippen LogP contribution in [0.1, 0.15) is 79.5 Å². The van der Waals surface area contributed by atoms with E-state index in [0.29, 0.717) is 18.8 Å². The van der Waals surface area contributed by atoms with Gasteiger partial charge >= 0.3 is 5.97 Å². The van der Waals surface area contributed by atoms with E-state index in [0.717, 1.165) is 43.2 Å². The Morgan fingerprint density at radius 3 is 2.96 bits per heavy atom. The van der Waals surface area contributed by atoms with Crippen molar-refractivity contribution < 1.29 is 28.8 Å². The number of benzene rings is 1. The smallest absolute Gasteiger partial charge is 0.345 e. The molecule has 0 unspecified atom stereocenters. The highest BCUT2D eigenvalue weighted by atomic mass is 16.7. The van der Waals surface area contributed by atoms with Gasteiger partial charge in [0.2, 0.25) is 5.79 Å². The maximum atomic E-state index is 12.3. The van der Waals surface area contributed by atoms with E-state index in [9.17, 15) is 9.90 Å². The first-order valence-electron chi connectivity index (χ1n) is 10.0. The first-order valence-corrected chi connectivity index (χ1v) is 10.0. The predicted molar refractivity (Wildman–Crippen MR) is 98.1 cm³/mol. The second-order valence-electron chi connectivity index (χ2n) is 7.78. The molecule has 1 saturated heterocycles.